The molecule has 1 nitrogen and oxygen atoms in total. The van der Waals surface area contributed by atoms with Crippen LogP contribution in [0.5, 0.6) is 0 Å². The summed E-state index contributed by atoms with van der Waals surface area (Å²) >= 11 is 6.07. The van der Waals surface area contributed by atoms with Crippen molar-refractivity contribution in [2.45, 2.75) is 46.5 Å². The van der Waals surface area contributed by atoms with E-state index in [9.17, 15) is 4.39 Å². The van der Waals surface area contributed by atoms with Crippen LogP contribution in [0.25, 0.3) is 0 Å². The third-order valence-electron chi connectivity index (χ3n) is 3.48. The molecule has 0 spiro atoms. The van der Waals surface area contributed by atoms with Crippen LogP contribution in [-0.4, -0.2) is 13.1 Å². The van der Waals surface area contributed by atoms with Crippen molar-refractivity contribution in [1.82, 2.24) is 5.32 Å². The first-order valence-corrected chi connectivity index (χ1v) is 7.54. The van der Waals surface area contributed by atoms with E-state index in [-0.39, 0.29) is 16.3 Å². The molecule has 0 heterocycles. The zero-order valence-electron chi connectivity index (χ0n) is 12.2. The minimum absolute atomic E-state index is 0.126. The third-order valence-corrected chi connectivity index (χ3v) is 3.90. The minimum Gasteiger partial charge on any atom is -0.316 e. The van der Waals surface area contributed by atoms with Crippen LogP contribution in [0.3, 0.4) is 0 Å². The number of hydrogen-bond donors (Lipinski definition) is 1. The van der Waals surface area contributed by atoms with Gasteiger partial charge in [-0.05, 0) is 42.9 Å². The average Bonchev–Trinajstić information content (AvgIpc) is 2.36. The van der Waals surface area contributed by atoms with E-state index >= 15 is 0 Å². The standard InChI is InChI=1S/C16H25ClFN/c1-4-9-16(3,12-19-10-5-2)11-13-7-6-8-14(18)15(13)17/h6-8,19H,4-5,9-12H2,1-3H3. The van der Waals surface area contributed by atoms with Crippen molar-refractivity contribution >= 4 is 11.6 Å². The Balaban J connectivity index is 2.79. The molecule has 0 saturated carbocycles. The van der Waals surface area contributed by atoms with Gasteiger partial charge in [0.25, 0.3) is 0 Å². The van der Waals surface area contributed by atoms with Gasteiger partial charge in [-0.2, -0.15) is 0 Å². The van der Waals surface area contributed by atoms with Crippen LogP contribution in [0, 0.1) is 11.2 Å². The van der Waals surface area contributed by atoms with Gasteiger partial charge in [0.1, 0.15) is 5.82 Å². The Morgan fingerprint density at radius 1 is 1.26 bits per heavy atom. The first-order valence-electron chi connectivity index (χ1n) is 7.16. The second kappa shape index (κ2) is 7.86. The summed E-state index contributed by atoms with van der Waals surface area (Å²) in [6.07, 6.45) is 4.17. The van der Waals surface area contributed by atoms with Gasteiger partial charge in [-0.15, -0.1) is 0 Å². The molecular formula is C16H25ClFN. The highest BCUT2D eigenvalue weighted by atomic mass is 35.5. The van der Waals surface area contributed by atoms with E-state index in [4.69, 9.17) is 11.6 Å². The molecule has 0 radical (unpaired) electrons. The molecule has 0 aliphatic heterocycles. The number of rotatable bonds is 8. The van der Waals surface area contributed by atoms with Crippen LogP contribution in [-0.2, 0) is 6.42 Å². The van der Waals surface area contributed by atoms with Gasteiger partial charge in [0.05, 0.1) is 5.02 Å². The first-order chi connectivity index (χ1) is 9.02. The first kappa shape index (κ1) is 16.5. The van der Waals surface area contributed by atoms with Crippen LogP contribution >= 0.6 is 11.6 Å². The van der Waals surface area contributed by atoms with E-state index in [2.05, 4.69) is 26.1 Å². The van der Waals surface area contributed by atoms with E-state index in [1.807, 2.05) is 6.07 Å². The quantitative estimate of drug-likeness (QED) is 0.675. The van der Waals surface area contributed by atoms with E-state index in [1.165, 1.54) is 6.07 Å². The average molecular weight is 286 g/mol. The molecule has 1 aromatic carbocycles. The highest BCUT2D eigenvalue weighted by Gasteiger charge is 2.25. The zero-order valence-corrected chi connectivity index (χ0v) is 13.0. The summed E-state index contributed by atoms with van der Waals surface area (Å²) < 4.78 is 13.5. The van der Waals surface area contributed by atoms with Crippen molar-refractivity contribution in [2.75, 3.05) is 13.1 Å². The maximum atomic E-state index is 13.5. The Labute approximate surface area is 121 Å². The molecule has 0 aliphatic rings. The molecule has 1 unspecified atom stereocenters. The van der Waals surface area contributed by atoms with E-state index < -0.39 is 0 Å². The van der Waals surface area contributed by atoms with Gasteiger partial charge in [-0.1, -0.05) is 50.9 Å². The van der Waals surface area contributed by atoms with Crippen LogP contribution < -0.4 is 5.32 Å². The van der Waals surface area contributed by atoms with E-state index in [0.29, 0.717) is 0 Å². The minimum atomic E-state index is -0.320. The van der Waals surface area contributed by atoms with Crippen molar-refractivity contribution in [2.24, 2.45) is 5.41 Å². The molecule has 1 N–H and O–H groups in total. The lowest BCUT2D eigenvalue weighted by molar-refractivity contribution is 0.275. The SMILES string of the molecule is CCCNCC(C)(CCC)Cc1cccc(F)c1Cl. The summed E-state index contributed by atoms with van der Waals surface area (Å²) in [5.41, 5.74) is 1.04. The van der Waals surface area contributed by atoms with Gasteiger partial charge in [0.15, 0.2) is 0 Å². The van der Waals surface area contributed by atoms with Crippen molar-refractivity contribution in [1.29, 1.82) is 0 Å². The second-order valence-corrected chi connectivity index (χ2v) is 6.01. The summed E-state index contributed by atoms with van der Waals surface area (Å²) in [5.74, 6) is -0.320. The number of nitrogens with one attached hydrogen (secondary N) is 1. The van der Waals surface area contributed by atoms with Crippen molar-refractivity contribution in [3.8, 4) is 0 Å². The van der Waals surface area contributed by atoms with Crippen LogP contribution in [0.15, 0.2) is 18.2 Å². The predicted molar refractivity (Wildman–Crippen MR) is 81.3 cm³/mol. The van der Waals surface area contributed by atoms with Crippen molar-refractivity contribution < 1.29 is 4.39 Å². The Kier molecular flexibility index (Phi) is 6.81. The van der Waals surface area contributed by atoms with Gasteiger partial charge in [0, 0.05) is 6.54 Å². The second-order valence-electron chi connectivity index (χ2n) is 5.63. The van der Waals surface area contributed by atoms with Gasteiger partial charge in [-0.25, -0.2) is 4.39 Å². The molecule has 0 aromatic heterocycles. The molecule has 1 atom stereocenters. The molecular weight excluding hydrogens is 261 g/mol. The Bertz CT molecular complexity index is 394. The Morgan fingerprint density at radius 2 is 2.00 bits per heavy atom. The molecule has 0 amide bonds. The fourth-order valence-electron chi connectivity index (χ4n) is 2.55. The molecule has 0 aliphatic carbocycles. The summed E-state index contributed by atoms with van der Waals surface area (Å²) in [6.45, 7) is 8.57. The zero-order chi connectivity index (χ0) is 14.3. The lowest BCUT2D eigenvalue weighted by atomic mass is 9.79. The van der Waals surface area contributed by atoms with Gasteiger partial charge in [-0.3, -0.25) is 0 Å². The summed E-state index contributed by atoms with van der Waals surface area (Å²) in [5, 5.41) is 3.76. The van der Waals surface area contributed by atoms with Crippen molar-refractivity contribution in [3.05, 3.63) is 34.6 Å². The number of hydrogen-bond acceptors (Lipinski definition) is 1. The molecule has 1 rings (SSSR count). The van der Waals surface area contributed by atoms with Crippen LogP contribution in [0.1, 0.15) is 45.6 Å². The van der Waals surface area contributed by atoms with Gasteiger partial charge in [0.2, 0.25) is 0 Å². The molecule has 0 fully saturated rings. The molecule has 3 heteroatoms. The largest absolute Gasteiger partial charge is 0.316 e. The predicted octanol–water partition coefficient (Wildman–Crippen LogP) is 4.83. The maximum absolute atomic E-state index is 13.5. The Morgan fingerprint density at radius 3 is 2.63 bits per heavy atom. The lowest BCUT2D eigenvalue weighted by Crippen LogP contribution is -2.34. The molecule has 1 aromatic rings. The highest BCUT2D eigenvalue weighted by molar-refractivity contribution is 6.31. The smallest absolute Gasteiger partial charge is 0.142 e. The Hall–Kier alpha value is -0.600. The molecule has 0 saturated heterocycles. The molecule has 19 heavy (non-hydrogen) atoms. The number of benzene rings is 1. The topological polar surface area (TPSA) is 12.0 Å². The highest BCUT2D eigenvalue weighted by Crippen LogP contribution is 2.31. The van der Waals surface area contributed by atoms with Crippen LogP contribution in [0.4, 0.5) is 4.39 Å². The van der Waals surface area contributed by atoms with Gasteiger partial charge >= 0.3 is 0 Å². The molecule has 108 valence electrons. The fraction of sp³-hybridized carbons (Fsp3) is 0.625. The molecule has 0 bridgehead atoms. The van der Waals surface area contributed by atoms with Crippen LogP contribution in [0.2, 0.25) is 5.02 Å². The normalized spacial score (nSPS) is 14.4. The summed E-state index contributed by atoms with van der Waals surface area (Å²) in [6, 6.07) is 5.08. The maximum Gasteiger partial charge on any atom is 0.142 e. The lowest BCUT2D eigenvalue weighted by Gasteiger charge is -2.30. The third kappa shape index (κ3) is 5.12. The number of halogens is 2. The summed E-state index contributed by atoms with van der Waals surface area (Å²) in [4.78, 5) is 0. The fourth-order valence-corrected chi connectivity index (χ4v) is 2.75. The van der Waals surface area contributed by atoms with Crippen molar-refractivity contribution in [3.63, 3.8) is 0 Å². The van der Waals surface area contributed by atoms with E-state index in [0.717, 1.165) is 44.3 Å². The monoisotopic (exact) mass is 285 g/mol. The van der Waals surface area contributed by atoms with E-state index in [1.54, 1.807) is 6.07 Å². The summed E-state index contributed by atoms with van der Waals surface area (Å²) in [7, 11) is 0. The van der Waals surface area contributed by atoms with Gasteiger partial charge < -0.3 is 5.32 Å².